The summed E-state index contributed by atoms with van der Waals surface area (Å²) in [6.45, 7) is 3.48. The van der Waals surface area contributed by atoms with Crippen molar-refractivity contribution < 1.29 is 14.4 Å². The number of likely N-dealkylation sites (tertiary alicyclic amines) is 1. The minimum Gasteiger partial charge on any atom is -0.342 e. The third-order valence-corrected chi connectivity index (χ3v) is 5.15. The number of nitrogens with zero attached hydrogens (tertiary/aromatic N) is 3. The topological polar surface area (TPSA) is 113 Å². The first-order valence-corrected chi connectivity index (χ1v) is 10.4. The fourth-order valence-corrected chi connectivity index (χ4v) is 3.49. The lowest BCUT2D eigenvalue weighted by Crippen LogP contribution is -2.44. The molecular formula is C21H27N5O4. The molecule has 3 amide bonds. The second-order valence-electron chi connectivity index (χ2n) is 7.37. The van der Waals surface area contributed by atoms with Gasteiger partial charge in [0.2, 0.25) is 11.8 Å². The molecule has 0 saturated carbocycles. The Morgan fingerprint density at radius 1 is 1.07 bits per heavy atom. The fourth-order valence-electron chi connectivity index (χ4n) is 3.49. The predicted molar refractivity (Wildman–Crippen MR) is 112 cm³/mol. The van der Waals surface area contributed by atoms with Crippen molar-refractivity contribution in [2.75, 3.05) is 13.1 Å². The molecule has 3 rings (SSSR count). The van der Waals surface area contributed by atoms with Crippen molar-refractivity contribution in [3.8, 4) is 0 Å². The Balaban J connectivity index is 1.69. The molecule has 2 heterocycles. The van der Waals surface area contributed by atoms with Crippen LogP contribution >= 0.6 is 0 Å². The van der Waals surface area contributed by atoms with Crippen LogP contribution in [0.2, 0.25) is 0 Å². The third-order valence-electron chi connectivity index (χ3n) is 5.15. The summed E-state index contributed by atoms with van der Waals surface area (Å²) in [5.41, 5.74) is 4.58. The van der Waals surface area contributed by atoms with E-state index in [0.717, 1.165) is 25.7 Å². The Labute approximate surface area is 174 Å². The third kappa shape index (κ3) is 5.03. The van der Waals surface area contributed by atoms with Gasteiger partial charge in [0.15, 0.2) is 5.69 Å². The first-order chi connectivity index (χ1) is 14.5. The largest absolute Gasteiger partial charge is 0.342 e. The Kier molecular flexibility index (Phi) is 7.16. The first-order valence-electron chi connectivity index (χ1n) is 10.4. The molecule has 2 aromatic rings. The summed E-state index contributed by atoms with van der Waals surface area (Å²) in [7, 11) is 0. The number of aromatic nitrogens is 2. The van der Waals surface area contributed by atoms with Crippen LogP contribution < -0.4 is 16.4 Å². The quantitative estimate of drug-likeness (QED) is 0.501. The van der Waals surface area contributed by atoms with Crippen LogP contribution in [0.25, 0.3) is 10.8 Å². The van der Waals surface area contributed by atoms with E-state index in [1.54, 1.807) is 29.2 Å². The molecule has 1 aliphatic rings. The highest BCUT2D eigenvalue weighted by Crippen LogP contribution is 2.13. The molecule has 160 valence electrons. The molecule has 2 N–H and O–H groups in total. The number of aryl methyl sites for hydroxylation is 1. The zero-order valence-corrected chi connectivity index (χ0v) is 17.1. The lowest BCUT2D eigenvalue weighted by atomic mass is 10.1. The number of benzene rings is 1. The van der Waals surface area contributed by atoms with Crippen LogP contribution in [0.15, 0.2) is 29.1 Å². The minimum absolute atomic E-state index is 0.0489. The number of hydrazine groups is 1. The predicted octanol–water partition coefficient (Wildman–Crippen LogP) is 1.36. The maximum absolute atomic E-state index is 12.7. The van der Waals surface area contributed by atoms with E-state index in [2.05, 4.69) is 22.9 Å². The number of rotatable bonds is 8. The molecular weight excluding hydrogens is 386 g/mol. The van der Waals surface area contributed by atoms with Gasteiger partial charge in [0, 0.05) is 37.9 Å². The average molecular weight is 413 g/mol. The molecule has 0 radical (unpaired) electrons. The number of hydrogen-bond donors (Lipinski definition) is 2. The van der Waals surface area contributed by atoms with Crippen molar-refractivity contribution in [2.24, 2.45) is 0 Å². The average Bonchev–Trinajstić information content (AvgIpc) is 3.17. The van der Waals surface area contributed by atoms with Crippen molar-refractivity contribution in [3.05, 3.63) is 40.3 Å². The van der Waals surface area contributed by atoms with Crippen LogP contribution in [-0.2, 0) is 16.1 Å². The molecule has 0 bridgehead atoms. The van der Waals surface area contributed by atoms with Crippen LogP contribution in [0.1, 0.15) is 55.9 Å². The van der Waals surface area contributed by atoms with Gasteiger partial charge >= 0.3 is 0 Å². The molecule has 1 aliphatic heterocycles. The van der Waals surface area contributed by atoms with Gasteiger partial charge in [0.25, 0.3) is 11.5 Å². The standard InChI is InChI=1S/C21H27N5O4/c1-2-3-6-13-26-21(30)16-9-5-4-8-15(16)19(24-26)20(29)23-22-17(27)11-14-25-12-7-10-18(25)28/h4-5,8-9H,2-3,6-7,10-14H2,1H3,(H,22,27)(H,23,29). The molecule has 0 atom stereocenters. The van der Waals surface area contributed by atoms with Crippen LogP contribution in [0.4, 0.5) is 0 Å². The molecule has 0 spiro atoms. The van der Waals surface area contributed by atoms with Crippen LogP contribution in [0, 0.1) is 0 Å². The maximum atomic E-state index is 12.7. The van der Waals surface area contributed by atoms with Gasteiger partial charge in [-0.2, -0.15) is 5.10 Å². The number of amides is 3. The van der Waals surface area contributed by atoms with Gasteiger partial charge in [-0.05, 0) is 18.9 Å². The van der Waals surface area contributed by atoms with E-state index in [0.29, 0.717) is 36.8 Å². The van der Waals surface area contributed by atoms with Gasteiger partial charge in [-0.15, -0.1) is 0 Å². The van der Waals surface area contributed by atoms with Gasteiger partial charge < -0.3 is 4.90 Å². The maximum Gasteiger partial charge on any atom is 0.290 e. The van der Waals surface area contributed by atoms with E-state index < -0.39 is 11.8 Å². The van der Waals surface area contributed by atoms with Gasteiger partial charge in [0.05, 0.1) is 5.39 Å². The van der Waals surface area contributed by atoms with Gasteiger partial charge in [0.1, 0.15) is 0 Å². The number of unbranched alkanes of at least 4 members (excludes halogenated alkanes) is 2. The number of hydrogen-bond acceptors (Lipinski definition) is 5. The molecule has 9 nitrogen and oxygen atoms in total. The van der Waals surface area contributed by atoms with E-state index in [9.17, 15) is 19.2 Å². The highest BCUT2D eigenvalue weighted by Gasteiger charge is 2.21. The normalized spacial score (nSPS) is 13.6. The van der Waals surface area contributed by atoms with E-state index in [1.165, 1.54) is 4.68 Å². The summed E-state index contributed by atoms with van der Waals surface area (Å²) in [5.74, 6) is -0.947. The summed E-state index contributed by atoms with van der Waals surface area (Å²) in [6, 6.07) is 6.80. The summed E-state index contributed by atoms with van der Waals surface area (Å²) in [6.07, 6.45) is 4.17. The van der Waals surface area contributed by atoms with Crippen molar-refractivity contribution in [1.82, 2.24) is 25.5 Å². The smallest absolute Gasteiger partial charge is 0.290 e. The molecule has 1 aromatic carbocycles. The second-order valence-corrected chi connectivity index (χ2v) is 7.37. The Bertz CT molecular complexity index is 1000. The number of fused-ring (bicyclic) bond motifs is 1. The summed E-state index contributed by atoms with van der Waals surface area (Å²) in [4.78, 5) is 50.7. The van der Waals surface area contributed by atoms with E-state index in [-0.39, 0.29) is 23.6 Å². The van der Waals surface area contributed by atoms with E-state index in [1.807, 2.05) is 0 Å². The lowest BCUT2D eigenvalue weighted by Gasteiger charge is -2.15. The SMILES string of the molecule is CCCCCn1nc(C(=O)NNC(=O)CCN2CCCC2=O)c2ccccc2c1=O. The van der Waals surface area contributed by atoms with Gasteiger partial charge in [-0.3, -0.25) is 30.0 Å². The Hall–Kier alpha value is -3.23. The van der Waals surface area contributed by atoms with Crippen molar-refractivity contribution >= 4 is 28.5 Å². The molecule has 0 unspecified atom stereocenters. The molecule has 30 heavy (non-hydrogen) atoms. The molecule has 0 aliphatic carbocycles. The van der Waals surface area contributed by atoms with Crippen LogP contribution in [0.3, 0.4) is 0 Å². The Morgan fingerprint density at radius 3 is 2.53 bits per heavy atom. The summed E-state index contributed by atoms with van der Waals surface area (Å²) >= 11 is 0. The number of carbonyl (C=O) groups excluding carboxylic acids is 3. The molecule has 9 heteroatoms. The summed E-state index contributed by atoms with van der Waals surface area (Å²) in [5, 5.41) is 5.10. The van der Waals surface area contributed by atoms with Crippen LogP contribution in [-0.4, -0.2) is 45.5 Å². The second kappa shape index (κ2) is 10.00. The number of nitrogens with one attached hydrogen (secondary N) is 2. The highest BCUT2D eigenvalue weighted by molar-refractivity contribution is 6.05. The zero-order valence-electron chi connectivity index (χ0n) is 17.1. The van der Waals surface area contributed by atoms with Gasteiger partial charge in [-0.25, -0.2) is 4.68 Å². The highest BCUT2D eigenvalue weighted by atomic mass is 16.2. The monoisotopic (exact) mass is 413 g/mol. The molecule has 1 fully saturated rings. The zero-order chi connectivity index (χ0) is 21.5. The molecule has 1 aromatic heterocycles. The Morgan fingerprint density at radius 2 is 1.83 bits per heavy atom. The van der Waals surface area contributed by atoms with Crippen molar-refractivity contribution in [3.63, 3.8) is 0 Å². The van der Waals surface area contributed by atoms with Crippen molar-refractivity contribution in [2.45, 2.75) is 52.0 Å². The first kappa shape index (κ1) is 21.5. The lowest BCUT2D eigenvalue weighted by molar-refractivity contribution is -0.128. The molecule has 1 saturated heterocycles. The van der Waals surface area contributed by atoms with Crippen molar-refractivity contribution in [1.29, 1.82) is 0 Å². The van der Waals surface area contributed by atoms with E-state index in [4.69, 9.17) is 0 Å². The fraction of sp³-hybridized carbons (Fsp3) is 0.476. The summed E-state index contributed by atoms with van der Waals surface area (Å²) < 4.78 is 1.31. The van der Waals surface area contributed by atoms with Gasteiger partial charge in [-0.1, -0.05) is 38.0 Å². The van der Waals surface area contributed by atoms with E-state index >= 15 is 0 Å². The number of carbonyl (C=O) groups is 3. The minimum atomic E-state index is -0.596. The van der Waals surface area contributed by atoms with Crippen LogP contribution in [0.5, 0.6) is 0 Å².